The van der Waals surface area contributed by atoms with Crippen molar-refractivity contribution in [1.82, 2.24) is 0 Å². The van der Waals surface area contributed by atoms with Gasteiger partial charge in [0.15, 0.2) is 17.5 Å². The van der Waals surface area contributed by atoms with E-state index < -0.39 is 40.0 Å². The van der Waals surface area contributed by atoms with Crippen LogP contribution in [0.1, 0.15) is 6.92 Å². The summed E-state index contributed by atoms with van der Waals surface area (Å²) in [5, 5.41) is 12.6. The molecule has 0 saturated heterocycles. The Bertz CT molecular complexity index is 549. The van der Waals surface area contributed by atoms with Crippen LogP contribution in [-0.2, 0) is 14.3 Å². The molecule has 0 aliphatic rings. The Morgan fingerprint density at radius 1 is 1.55 bits per heavy atom. The number of esters is 1. The van der Waals surface area contributed by atoms with Gasteiger partial charge in [0.1, 0.15) is 0 Å². The highest BCUT2D eigenvalue weighted by Crippen LogP contribution is 2.26. The van der Waals surface area contributed by atoms with Gasteiger partial charge >= 0.3 is 5.97 Å². The standard InChI is InChI=1S/C11H12FN3O5/c1-2-20-11(17)8(13)10(16)14-9-6(12)4-3-5-7(9)15(18)19/h3-5,8H,2,13H2,1H3,(H,14,16). The first-order valence-electron chi connectivity index (χ1n) is 5.54. The fourth-order valence-electron chi connectivity index (χ4n) is 1.33. The molecule has 9 heteroatoms. The highest BCUT2D eigenvalue weighted by molar-refractivity contribution is 6.08. The molecule has 1 rings (SSSR count). The average molecular weight is 285 g/mol. The van der Waals surface area contributed by atoms with Crippen molar-refractivity contribution < 1.29 is 23.6 Å². The maximum Gasteiger partial charge on any atom is 0.332 e. The van der Waals surface area contributed by atoms with Crippen molar-refractivity contribution in [3.63, 3.8) is 0 Å². The van der Waals surface area contributed by atoms with Crippen molar-refractivity contribution in [2.75, 3.05) is 11.9 Å². The largest absolute Gasteiger partial charge is 0.464 e. The molecule has 1 aromatic rings. The number of hydrogen-bond acceptors (Lipinski definition) is 6. The zero-order valence-electron chi connectivity index (χ0n) is 10.5. The maximum absolute atomic E-state index is 13.5. The molecule has 108 valence electrons. The number of nitrogens with zero attached hydrogens (tertiary/aromatic N) is 1. The van der Waals surface area contributed by atoms with Gasteiger partial charge < -0.3 is 15.8 Å². The minimum absolute atomic E-state index is 0.0136. The van der Waals surface area contributed by atoms with E-state index in [-0.39, 0.29) is 6.61 Å². The van der Waals surface area contributed by atoms with Gasteiger partial charge in [-0.05, 0) is 13.0 Å². The number of nitro groups is 1. The molecule has 0 spiro atoms. The lowest BCUT2D eigenvalue weighted by molar-refractivity contribution is -0.384. The third kappa shape index (κ3) is 3.48. The fraction of sp³-hybridized carbons (Fsp3) is 0.273. The van der Waals surface area contributed by atoms with Crippen LogP contribution in [0.25, 0.3) is 0 Å². The minimum Gasteiger partial charge on any atom is -0.464 e. The van der Waals surface area contributed by atoms with Crippen LogP contribution in [-0.4, -0.2) is 29.4 Å². The number of anilines is 1. The predicted molar refractivity (Wildman–Crippen MR) is 66.3 cm³/mol. The molecule has 1 aromatic carbocycles. The topological polar surface area (TPSA) is 125 Å². The molecule has 0 aliphatic heterocycles. The Balaban J connectivity index is 2.96. The van der Waals surface area contributed by atoms with E-state index in [0.29, 0.717) is 0 Å². The number of ether oxygens (including phenoxy) is 1. The van der Waals surface area contributed by atoms with Gasteiger partial charge in [0, 0.05) is 6.07 Å². The molecule has 1 unspecified atom stereocenters. The van der Waals surface area contributed by atoms with Crippen molar-refractivity contribution in [3.8, 4) is 0 Å². The molecule has 3 N–H and O–H groups in total. The molecule has 0 radical (unpaired) electrons. The van der Waals surface area contributed by atoms with E-state index in [9.17, 15) is 24.1 Å². The first-order valence-corrected chi connectivity index (χ1v) is 5.54. The maximum atomic E-state index is 13.5. The summed E-state index contributed by atoms with van der Waals surface area (Å²) in [6.07, 6.45) is 0. The second-order valence-corrected chi connectivity index (χ2v) is 3.61. The third-order valence-electron chi connectivity index (χ3n) is 2.26. The van der Waals surface area contributed by atoms with Crippen LogP contribution in [0.4, 0.5) is 15.8 Å². The predicted octanol–water partition coefficient (Wildman–Crippen LogP) is 0.563. The number of nitro benzene ring substituents is 1. The van der Waals surface area contributed by atoms with Crippen molar-refractivity contribution in [1.29, 1.82) is 0 Å². The highest BCUT2D eigenvalue weighted by atomic mass is 19.1. The minimum atomic E-state index is -1.70. The van der Waals surface area contributed by atoms with Crippen molar-refractivity contribution in [3.05, 3.63) is 34.1 Å². The van der Waals surface area contributed by atoms with Gasteiger partial charge in [-0.2, -0.15) is 0 Å². The summed E-state index contributed by atoms with van der Waals surface area (Å²) < 4.78 is 18.0. The summed E-state index contributed by atoms with van der Waals surface area (Å²) in [7, 11) is 0. The van der Waals surface area contributed by atoms with Crippen LogP contribution < -0.4 is 11.1 Å². The van der Waals surface area contributed by atoms with E-state index in [1.54, 1.807) is 0 Å². The number of carbonyl (C=O) groups is 2. The van der Waals surface area contributed by atoms with Crippen molar-refractivity contribution >= 4 is 23.3 Å². The summed E-state index contributed by atoms with van der Waals surface area (Å²) >= 11 is 0. The van der Waals surface area contributed by atoms with Gasteiger partial charge in [0.25, 0.3) is 11.6 Å². The highest BCUT2D eigenvalue weighted by Gasteiger charge is 2.27. The van der Waals surface area contributed by atoms with E-state index in [4.69, 9.17) is 5.73 Å². The summed E-state index contributed by atoms with van der Waals surface area (Å²) in [5.74, 6) is -3.12. The number of benzene rings is 1. The van der Waals surface area contributed by atoms with Gasteiger partial charge in [-0.1, -0.05) is 6.07 Å². The number of amides is 1. The Hall–Kier alpha value is -2.55. The second-order valence-electron chi connectivity index (χ2n) is 3.61. The van der Waals surface area contributed by atoms with Gasteiger partial charge in [-0.25, -0.2) is 9.18 Å². The van der Waals surface area contributed by atoms with Crippen LogP contribution in [0.3, 0.4) is 0 Å². The van der Waals surface area contributed by atoms with E-state index in [1.807, 2.05) is 5.32 Å². The Kier molecular flexibility index (Phi) is 5.09. The summed E-state index contributed by atoms with van der Waals surface area (Å²) in [6.45, 7) is 1.53. The Morgan fingerprint density at radius 2 is 2.20 bits per heavy atom. The van der Waals surface area contributed by atoms with Gasteiger partial charge in [-0.15, -0.1) is 0 Å². The van der Waals surface area contributed by atoms with Crippen LogP contribution in [0.2, 0.25) is 0 Å². The zero-order chi connectivity index (χ0) is 15.3. The summed E-state index contributed by atoms with van der Waals surface area (Å²) in [4.78, 5) is 32.7. The number of para-hydroxylation sites is 1. The van der Waals surface area contributed by atoms with Crippen LogP contribution in [0, 0.1) is 15.9 Å². The molecule has 0 heterocycles. The molecule has 0 fully saturated rings. The number of nitrogens with two attached hydrogens (primary N) is 1. The molecule has 0 saturated carbocycles. The SMILES string of the molecule is CCOC(=O)C(N)C(=O)Nc1c(F)cccc1[N+](=O)[O-]. The normalized spacial score (nSPS) is 11.6. The third-order valence-corrected chi connectivity index (χ3v) is 2.26. The first kappa shape index (κ1) is 15.5. The number of carbonyl (C=O) groups excluding carboxylic acids is 2. The Morgan fingerprint density at radius 3 is 2.75 bits per heavy atom. The van der Waals surface area contributed by atoms with Gasteiger partial charge in [-0.3, -0.25) is 14.9 Å². The smallest absolute Gasteiger partial charge is 0.332 e. The Labute approximate surface area is 112 Å². The molecular weight excluding hydrogens is 273 g/mol. The van der Waals surface area contributed by atoms with Crippen molar-refractivity contribution in [2.45, 2.75) is 13.0 Å². The van der Waals surface area contributed by atoms with E-state index >= 15 is 0 Å². The van der Waals surface area contributed by atoms with Crippen LogP contribution >= 0.6 is 0 Å². The van der Waals surface area contributed by atoms with Gasteiger partial charge in [0.2, 0.25) is 0 Å². The monoisotopic (exact) mass is 285 g/mol. The number of hydrogen-bond donors (Lipinski definition) is 2. The van der Waals surface area contributed by atoms with Crippen LogP contribution in [0.5, 0.6) is 0 Å². The molecule has 0 aromatic heterocycles. The van der Waals surface area contributed by atoms with Crippen molar-refractivity contribution in [2.24, 2.45) is 5.73 Å². The number of nitrogens with one attached hydrogen (secondary N) is 1. The van der Waals surface area contributed by atoms with E-state index in [1.165, 1.54) is 6.92 Å². The lowest BCUT2D eigenvalue weighted by atomic mass is 10.2. The second kappa shape index (κ2) is 6.57. The number of rotatable bonds is 5. The van der Waals surface area contributed by atoms with E-state index in [2.05, 4.69) is 4.74 Å². The first-order chi connectivity index (χ1) is 9.38. The average Bonchev–Trinajstić information content (AvgIpc) is 2.39. The molecule has 20 heavy (non-hydrogen) atoms. The summed E-state index contributed by atoms with van der Waals surface area (Å²) in [6, 6.07) is 1.36. The molecule has 8 nitrogen and oxygen atoms in total. The lowest BCUT2D eigenvalue weighted by Gasteiger charge is -2.11. The fourth-order valence-corrected chi connectivity index (χ4v) is 1.33. The summed E-state index contributed by atoms with van der Waals surface area (Å²) in [5.41, 5.74) is 4.00. The molecule has 1 amide bonds. The zero-order valence-corrected chi connectivity index (χ0v) is 10.5. The molecular formula is C11H12FN3O5. The molecule has 0 aliphatic carbocycles. The van der Waals surface area contributed by atoms with Crippen LogP contribution in [0.15, 0.2) is 18.2 Å². The quantitative estimate of drug-likeness (QED) is 0.352. The number of halogens is 1. The molecule has 1 atom stereocenters. The van der Waals surface area contributed by atoms with Gasteiger partial charge in [0.05, 0.1) is 11.5 Å². The lowest BCUT2D eigenvalue weighted by Crippen LogP contribution is -2.43. The molecule has 0 bridgehead atoms. The van der Waals surface area contributed by atoms with E-state index in [0.717, 1.165) is 18.2 Å².